The SMILES string of the molecule is CCNc1ncc(C)c(NC2CC(=O)N(C)C2=O)n1. The molecule has 1 fully saturated rings. The number of imide groups is 1. The zero-order valence-corrected chi connectivity index (χ0v) is 11.2. The van der Waals surface area contributed by atoms with Crippen LogP contribution in [-0.4, -0.2) is 46.3 Å². The molecule has 1 aromatic heterocycles. The third-order valence-electron chi connectivity index (χ3n) is 3.00. The van der Waals surface area contributed by atoms with E-state index in [9.17, 15) is 9.59 Å². The molecule has 0 spiro atoms. The van der Waals surface area contributed by atoms with Crippen LogP contribution in [0.2, 0.25) is 0 Å². The van der Waals surface area contributed by atoms with Crippen molar-refractivity contribution < 1.29 is 9.59 Å². The number of hydrogen-bond donors (Lipinski definition) is 2. The van der Waals surface area contributed by atoms with Gasteiger partial charge in [-0.05, 0) is 13.8 Å². The van der Waals surface area contributed by atoms with E-state index in [-0.39, 0.29) is 18.2 Å². The van der Waals surface area contributed by atoms with Crippen LogP contribution in [0.15, 0.2) is 6.20 Å². The number of rotatable bonds is 4. The molecule has 7 nitrogen and oxygen atoms in total. The predicted molar refractivity (Wildman–Crippen MR) is 70.7 cm³/mol. The highest BCUT2D eigenvalue weighted by molar-refractivity contribution is 6.06. The lowest BCUT2D eigenvalue weighted by Crippen LogP contribution is -2.32. The third kappa shape index (κ3) is 2.64. The van der Waals surface area contributed by atoms with Gasteiger partial charge in [0, 0.05) is 25.4 Å². The Morgan fingerprint density at radius 3 is 2.79 bits per heavy atom. The minimum atomic E-state index is -0.541. The Hall–Kier alpha value is -2.18. The first-order valence-corrected chi connectivity index (χ1v) is 6.17. The summed E-state index contributed by atoms with van der Waals surface area (Å²) >= 11 is 0. The van der Waals surface area contributed by atoms with Gasteiger partial charge in [-0.1, -0.05) is 0 Å². The zero-order chi connectivity index (χ0) is 14.0. The fourth-order valence-electron chi connectivity index (χ4n) is 1.86. The van der Waals surface area contributed by atoms with Crippen LogP contribution in [-0.2, 0) is 9.59 Å². The Balaban J connectivity index is 2.17. The van der Waals surface area contributed by atoms with Gasteiger partial charge in [0.05, 0.1) is 6.42 Å². The van der Waals surface area contributed by atoms with Gasteiger partial charge in [0.25, 0.3) is 5.91 Å². The average Bonchev–Trinajstić information content (AvgIpc) is 2.62. The number of amides is 2. The first-order chi connectivity index (χ1) is 9.02. The van der Waals surface area contributed by atoms with E-state index in [0.29, 0.717) is 18.3 Å². The van der Waals surface area contributed by atoms with Gasteiger partial charge in [-0.2, -0.15) is 4.98 Å². The van der Waals surface area contributed by atoms with Crippen LogP contribution in [0, 0.1) is 6.92 Å². The molecule has 7 heteroatoms. The van der Waals surface area contributed by atoms with E-state index in [4.69, 9.17) is 0 Å². The highest BCUT2D eigenvalue weighted by atomic mass is 16.2. The molecule has 0 radical (unpaired) electrons. The van der Waals surface area contributed by atoms with Gasteiger partial charge in [-0.25, -0.2) is 4.98 Å². The van der Waals surface area contributed by atoms with Gasteiger partial charge in [0.2, 0.25) is 11.9 Å². The van der Waals surface area contributed by atoms with Crippen molar-refractivity contribution in [1.82, 2.24) is 14.9 Å². The van der Waals surface area contributed by atoms with Gasteiger partial charge in [0.1, 0.15) is 11.9 Å². The predicted octanol–water partition coefficient (Wildman–Crippen LogP) is 0.386. The first kappa shape index (κ1) is 13.3. The van der Waals surface area contributed by atoms with Crippen molar-refractivity contribution in [2.45, 2.75) is 26.3 Å². The van der Waals surface area contributed by atoms with Crippen molar-refractivity contribution in [3.05, 3.63) is 11.8 Å². The summed E-state index contributed by atoms with van der Waals surface area (Å²) in [6.07, 6.45) is 1.84. The summed E-state index contributed by atoms with van der Waals surface area (Å²) in [5, 5.41) is 6.02. The number of anilines is 2. The summed E-state index contributed by atoms with van der Waals surface area (Å²) < 4.78 is 0. The Labute approximate surface area is 111 Å². The van der Waals surface area contributed by atoms with E-state index in [1.807, 2.05) is 13.8 Å². The largest absolute Gasteiger partial charge is 0.358 e. The Morgan fingerprint density at radius 1 is 1.47 bits per heavy atom. The normalized spacial score (nSPS) is 18.9. The molecule has 0 saturated carbocycles. The molecule has 102 valence electrons. The molecule has 1 unspecified atom stereocenters. The lowest BCUT2D eigenvalue weighted by Gasteiger charge is -2.14. The number of carbonyl (C=O) groups is 2. The maximum absolute atomic E-state index is 11.8. The van der Waals surface area contributed by atoms with E-state index < -0.39 is 6.04 Å². The van der Waals surface area contributed by atoms with E-state index in [1.165, 1.54) is 7.05 Å². The van der Waals surface area contributed by atoms with E-state index in [0.717, 1.165) is 10.5 Å². The molecular formula is C12H17N5O2. The van der Waals surface area contributed by atoms with Gasteiger partial charge >= 0.3 is 0 Å². The number of aryl methyl sites for hydroxylation is 1. The summed E-state index contributed by atoms with van der Waals surface area (Å²) in [7, 11) is 1.49. The standard InChI is InChI=1S/C12H17N5O2/c1-4-13-12-14-6-7(2)10(16-12)15-8-5-9(18)17(3)11(8)19/h6,8H,4-5H2,1-3H3,(H2,13,14,15,16). The molecule has 1 aromatic rings. The number of aromatic nitrogens is 2. The van der Waals surface area contributed by atoms with E-state index >= 15 is 0 Å². The van der Waals surface area contributed by atoms with Crippen molar-refractivity contribution in [3.8, 4) is 0 Å². The molecule has 1 aliphatic rings. The molecule has 2 amide bonds. The minimum absolute atomic E-state index is 0.162. The van der Waals surface area contributed by atoms with Crippen LogP contribution in [0.4, 0.5) is 11.8 Å². The lowest BCUT2D eigenvalue weighted by molar-refractivity contribution is -0.136. The number of carbonyl (C=O) groups excluding carboxylic acids is 2. The number of hydrogen-bond acceptors (Lipinski definition) is 6. The molecule has 19 heavy (non-hydrogen) atoms. The van der Waals surface area contributed by atoms with Crippen molar-refractivity contribution in [1.29, 1.82) is 0 Å². The third-order valence-corrected chi connectivity index (χ3v) is 3.00. The number of likely N-dealkylation sites (N-methyl/N-ethyl adjacent to an activating group) is 1. The smallest absolute Gasteiger partial charge is 0.251 e. The zero-order valence-electron chi connectivity index (χ0n) is 11.2. The Kier molecular flexibility index (Phi) is 3.64. The van der Waals surface area contributed by atoms with Crippen LogP contribution >= 0.6 is 0 Å². The highest BCUT2D eigenvalue weighted by Crippen LogP contribution is 2.19. The van der Waals surface area contributed by atoms with Crippen LogP contribution in [0.25, 0.3) is 0 Å². The van der Waals surface area contributed by atoms with Crippen LogP contribution in [0.5, 0.6) is 0 Å². The van der Waals surface area contributed by atoms with Crippen molar-refractivity contribution >= 4 is 23.6 Å². The van der Waals surface area contributed by atoms with Crippen molar-refractivity contribution in [2.75, 3.05) is 24.2 Å². The highest BCUT2D eigenvalue weighted by Gasteiger charge is 2.36. The average molecular weight is 263 g/mol. The van der Waals surface area contributed by atoms with Gasteiger partial charge in [-0.3, -0.25) is 14.5 Å². The maximum atomic E-state index is 11.8. The molecule has 0 aromatic carbocycles. The molecule has 1 saturated heterocycles. The maximum Gasteiger partial charge on any atom is 0.251 e. The quantitative estimate of drug-likeness (QED) is 0.764. The summed E-state index contributed by atoms with van der Waals surface area (Å²) in [5.74, 6) is 0.669. The van der Waals surface area contributed by atoms with Crippen molar-refractivity contribution in [2.24, 2.45) is 0 Å². The fourth-order valence-corrected chi connectivity index (χ4v) is 1.86. The Morgan fingerprint density at radius 2 is 2.21 bits per heavy atom. The lowest BCUT2D eigenvalue weighted by atomic mass is 10.2. The van der Waals surface area contributed by atoms with Crippen LogP contribution < -0.4 is 10.6 Å². The minimum Gasteiger partial charge on any atom is -0.358 e. The summed E-state index contributed by atoms with van der Waals surface area (Å²) in [6.45, 7) is 4.51. The summed E-state index contributed by atoms with van der Waals surface area (Å²) in [4.78, 5) is 32.8. The van der Waals surface area contributed by atoms with Crippen LogP contribution in [0.3, 0.4) is 0 Å². The van der Waals surface area contributed by atoms with Crippen molar-refractivity contribution in [3.63, 3.8) is 0 Å². The first-order valence-electron chi connectivity index (χ1n) is 6.17. The Bertz CT molecular complexity index is 517. The molecule has 2 heterocycles. The second-order valence-electron chi connectivity index (χ2n) is 4.45. The molecular weight excluding hydrogens is 246 g/mol. The van der Waals surface area contributed by atoms with Crippen LogP contribution in [0.1, 0.15) is 18.9 Å². The molecule has 2 rings (SSSR count). The van der Waals surface area contributed by atoms with E-state index in [1.54, 1.807) is 6.20 Å². The van der Waals surface area contributed by atoms with Gasteiger partial charge < -0.3 is 10.6 Å². The molecule has 1 aliphatic heterocycles. The fraction of sp³-hybridized carbons (Fsp3) is 0.500. The molecule has 0 bridgehead atoms. The van der Waals surface area contributed by atoms with Gasteiger partial charge in [-0.15, -0.1) is 0 Å². The second kappa shape index (κ2) is 5.21. The van der Waals surface area contributed by atoms with Gasteiger partial charge in [0.15, 0.2) is 0 Å². The molecule has 1 atom stereocenters. The molecule has 0 aliphatic carbocycles. The topological polar surface area (TPSA) is 87.2 Å². The molecule has 2 N–H and O–H groups in total. The second-order valence-corrected chi connectivity index (χ2v) is 4.45. The van der Waals surface area contributed by atoms with E-state index in [2.05, 4.69) is 20.6 Å². The summed E-state index contributed by atoms with van der Waals surface area (Å²) in [5.41, 5.74) is 0.830. The number of nitrogens with one attached hydrogen (secondary N) is 2. The summed E-state index contributed by atoms with van der Waals surface area (Å²) in [6, 6.07) is -0.541. The number of likely N-dealkylation sites (tertiary alicyclic amines) is 1. The number of nitrogens with zero attached hydrogens (tertiary/aromatic N) is 3. The monoisotopic (exact) mass is 263 g/mol.